The Hall–Kier alpha value is -2.31. The van der Waals surface area contributed by atoms with E-state index in [2.05, 4.69) is 24.3 Å². The van der Waals surface area contributed by atoms with Crippen molar-refractivity contribution in [3.8, 4) is 22.6 Å². The van der Waals surface area contributed by atoms with Gasteiger partial charge in [-0.2, -0.15) is 0 Å². The second-order valence-electron chi connectivity index (χ2n) is 4.77. The molecule has 4 rings (SSSR count). The minimum absolute atomic E-state index is 0.831. The van der Waals surface area contributed by atoms with Crippen molar-refractivity contribution in [3.05, 3.63) is 78.9 Å². The highest BCUT2D eigenvalue weighted by Crippen LogP contribution is 2.49. The summed E-state index contributed by atoms with van der Waals surface area (Å²) < 4.78 is 12.2. The van der Waals surface area contributed by atoms with Crippen LogP contribution in [-0.2, 0) is 0 Å². The zero-order chi connectivity index (χ0) is 14.1. The highest BCUT2D eigenvalue weighted by atomic mass is 31.2. The molecule has 0 saturated carbocycles. The first-order valence-corrected chi connectivity index (χ1v) is 7.99. The van der Waals surface area contributed by atoms with Crippen LogP contribution < -0.4 is 14.4 Å². The Balaban J connectivity index is 1.78. The summed E-state index contributed by atoms with van der Waals surface area (Å²) in [5.74, 6) is 1.72. The predicted molar refractivity (Wildman–Crippen MR) is 86.1 cm³/mol. The molecule has 21 heavy (non-hydrogen) atoms. The molecule has 102 valence electrons. The molecule has 1 unspecified atom stereocenters. The second kappa shape index (κ2) is 5.23. The van der Waals surface area contributed by atoms with Gasteiger partial charge in [0.05, 0.1) is 5.30 Å². The van der Waals surface area contributed by atoms with E-state index >= 15 is 0 Å². The van der Waals surface area contributed by atoms with Crippen molar-refractivity contribution in [1.29, 1.82) is 0 Å². The summed E-state index contributed by atoms with van der Waals surface area (Å²) in [6.45, 7) is 0. The smallest absolute Gasteiger partial charge is 0.326 e. The minimum atomic E-state index is -1.15. The summed E-state index contributed by atoms with van der Waals surface area (Å²) in [6, 6.07) is 26.2. The van der Waals surface area contributed by atoms with Crippen LogP contribution in [0, 0.1) is 0 Å². The van der Waals surface area contributed by atoms with E-state index in [1.807, 2.05) is 54.6 Å². The fourth-order valence-corrected chi connectivity index (χ4v) is 3.90. The molecule has 0 saturated heterocycles. The van der Waals surface area contributed by atoms with Gasteiger partial charge in [-0.15, -0.1) is 0 Å². The quantitative estimate of drug-likeness (QED) is 0.634. The summed E-state index contributed by atoms with van der Waals surface area (Å²) in [4.78, 5) is 0. The number of hydrogen-bond acceptors (Lipinski definition) is 2. The van der Waals surface area contributed by atoms with Gasteiger partial charge >= 0.3 is 8.38 Å². The average molecular weight is 292 g/mol. The van der Waals surface area contributed by atoms with Gasteiger partial charge in [-0.3, -0.25) is 0 Å². The number of benzene rings is 3. The Morgan fingerprint density at radius 2 is 1.33 bits per heavy atom. The molecule has 0 aromatic heterocycles. The van der Waals surface area contributed by atoms with Crippen molar-refractivity contribution in [2.45, 2.75) is 0 Å². The molecule has 1 aliphatic rings. The van der Waals surface area contributed by atoms with Crippen LogP contribution in [0.4, 0.5) is 0 Å². The van der Waals surface area contributed by atoms with Crippen LogP contribution in [0.1, 0.15) is 0 Å². The molecule has 3 aromatic carbocycles. The van der Waals surface area contributed by atoms with Crippen molar-refractivity contribution < 1.29 is 9.05 Å². The van der Waals surface area contributed by atoms with E-state index in [0.717, 1.165) is 22.4 Å². The Labute approximate surface area is 124 Å². The van der Waals surface area contributed by atoms with Gasteiger partial charge in [-0.25, -0.2) is 0 Å². The first kappa shape index (κ1) is 12.4. The van der Waals surface area contributed by atoms with Crippen molar-refractivity contribution in [2.24, 2.45) is 0 Å². The lowest BCUT2D eigenvalue weighted by Gasteiger charge is -2.27. The molecule has 2 nitrogen and oxygen atoms in total. The van der Waals surface area contributed by atoms with E-state index in [4.69, 9.17) is 9.05 Å². The molecule has 0 N–H and O–H groups in total. The molecule has 0 amide bonds. The lowest BCUT2D eigenvalue weighted by Crippen LogP contribution is -2.17. The minimum Gasteiger partial charge on any atom is -0.435 e. The third kappa shape index (κ3) is 2.28. The van der Waals surface area contributed by atoms with E-state index in [1.165, 1.54) is 5.56 Å². The van der Waals surface area contributed by atoms with E-state index in [1.54, 1.807) is 0 Å². The topological polar surface area (TPSA) is 18.5 Å². The van der Waals surface area contributed by atoms with Crippen LogP contribution in [0.25, 0.3) is 11.1 Å². The van der Waals surface area contributed by atoms with Crippen LogP contribution in [-0.4, -0.2) is 0 Å². The number of para-hydroxylation sites is 2. The Bertz CT molecular complexity index is 769. The lowest BCUT2D eigenvalue weighted by molar-refractivity contribution is 0.500. The zero-order valence-electron chi connectivity index (χ0n) is 11.3. The van der Waals surface area contributed by atoms with Crippen LogP contribution >= 0.6 is 8.38 Å². The van der Waals surface area contributed by atoms with Gasteiger partial charge in [-0.05, 0) is 29.8 Å². The maximum Gasteiger partial charge on any atom is 0.326 e. The summed E-state index contributed by atoms with van der Waals surface area (Å²) in [7, 11) is -1.15. The van der Waals surface area contributed by atoms with E-state index in [-0.39, 0.29) is 0 Å². The molecule has 0 radical (unpaired) electrons. The number of rotatable bonds is 2. The highest BCUT2D eigenvalue weighted by molar-refractivity contribution is 7.57. The largest absolute Gasteiger partial charge is 0.435 e. The Morgan fingerprint density at radius 1 is 0.667 bits per heavy atom. The molecule has 0 aliphatic carbocycles. The van der Waals surface area contributed by atoms with Crippen molar-refractivity contribution in [3.63, 3.8) is 0 Å². The van der Waals surface area contributed by atoms with Crippen molar-refractivity contribution in [2.75, 3.05) is 0 Å². The zero-order valence-corrected chi connectivity index (χ0v) is 12.2. The molecule has 0 spiro atoms. The predicted octanol–water partition coefficient (Wildman–Crippen LogP) is 4.76. The molecular weight excluding hydrogens is 279 g/mol. The highest BCUT2D eigenvalue weighted by Gasteiger charge is 2.28. The van der Waals surface area contributed by atoms with Crippen LogP contribution in [0.5, 0.6) is 11.5 Å². The van der Waals surface area contributed by atoms with Gasteiger partial charge in [0.15, 0.2) is 0 Å². The van der Waals surface area contributed by atoms with Gasteiger partial charge in [-0.1, -0.05) is 54.6 Å². The number of fused-ring (bicyclic) bond motifs is 3. The van der Waals surface area contributed by atoms with Crippen LogP contribution in [0.3, 0.4) is 0 Å². The van der Waals surface area contributed by atoms with Gasteiger partial charge in [0, 0.05) is 5.56 Å². The third-order valence-electron chi connectivity index (χ3n) is 3.39. The Kier molecular flexibility index (Phi) is 3.10. The lowest BCUT2D eigenvalue weighted by atomic mass is 10.0. The standard InChI is InChI=1S/C18H13O2P/c1-2-8-14(9-3-1)19-21-18-13-7-5-11-16(18)15-10-4-6-12-17(15)20-21/h1-13H. The van der Waals surface area contributed by atoms with Gasteiger partial charge < -0.3 is 9.05 Å². The monoisotopic (exact) mass is 292 g/mol. The first-order chi connectivity index (χ1) is 10.4. The van der Waals surface area contributed by atoms with Gasteiger partial charge in [0.25, 0.3) is 0 Å². The molecule has 1 heterocycles. The molecule has 0 bridgehead atoms. The van der Waals surface area contributed by atoms with E-state index in [9.17, 15) is 0 Å². The van der Waals surface area contributed by atoms with Gasteiger partial charge in [0.1, 0.15) is 11.5 Å². The maximum atomic E-state index is 6.10. The van der Waals surface area contributed by atoms with Crippen molar-refractivity contribution in [1.82, 2.24) is 0 Å². The van der Waals surface area contributed by atoms with Gasteiger partial charge in [0.2, 0.25) is 0 Å². The first-order valence-electron chi connectivity index (χ1n) is 6.81. The second-order valence-corrected chi connectivity index (χ2v) is 6.13. The van der Waals surface area contributed by atoms with E-state index < -0.39 is 8.38 Å². The number of hydrogen-bond donors (Lipinski definition) is 0. The molecular formula is C18H13O2P. The summed E-state index contributed by atoms with van der Waals surface area (Å²) >= 11 is 0. The molecule has 0 fully saturated rings. The van der Waals surface area contributed by atoms with Crippen molar-refractivity contribution >= 4 is 13.7 Å². The fraction of sp³-hybridized carbons (Fsp3) is 0. The molecule has 1 aliphatic heterocycles. The SMILES string of the molecule is c1ccc(OP2Oc3ccccc3-c3ccccc32)cc1. The normalized spacial score (nSPS) is 15.5. The van der Waals surface area contributed by atoms with E-state index in [0.29, 0.717) is 0 Å². The Morgan fingerprint density at radius 3 is 2.19 bits per heavy atom. The summed E-state index contributed by atoms with van der Waals surface area (Å²) in [6.07, 6.45) is 0. The molecule has 3 heteroatoms. The van der Waals surface area contributed by atoms with Crippen LogP contribution in [0.15, 0.2) is 78.9 Å². The third-order valence-corrected chi connectivity index (χ3v) is 4.91. The average Bonchev–Trinajstić information content (AvgIpc) is 2.56. The summed E-state index contributed by atoms with van der Waals surface area (Å²) in [5.41, 5.74) is 2.32. The summed E-state index contributed by atoms with van der Waals surface area (Å²) in [5, 5.41) is 1.12. The molecule has 3 aromatic rings. The molecule has 1 atom stereocenters. The maximum absolute atomic E-state index is 6.10. The van der Waals surface area contributed by atoms with Crippen LogP contribution in [0.2, 0.25) is 0 Å². The fourth-order valence-electron chi connectivity index (χ4n) is 2.41.